The van der Waals surface area contributed by atoms with Gasteiger partial charge in [0.05, 0.1) is 18.4 Å². The van der Waals surface area contributed by atoms with E-state index in [0.29, 0.717) is 22.1 Å². The summed E-state index contributed by atoms with van der Waals surface area (Å²) in [6.45, 7) is 1.82. The molecule has 2 heterocycles. The zero-order valence-electron chi connectivity index (χ0n) is 14.3. The highest BCUT2D eigenvalue weighted by Gasteiger charge is 2.14. The molecule has 3 aromatic rings. The number of anilines is 2. The van der Waals surface area contributed by atoms with Crippen LogP contribution in [0.5, 0.6) is 0 Å². The smallest absolute Gasteiger partial charge is 0.291 e. The molecule has 8 nitrogen and oxygen atoms in total. The third kappa shape index (κ3) is 4.59. The Balaban J connectivity index is 1.72. The highest BCUT2D eigenvalue weighted by molar-refractivity contribution is 7.14. The fraction of sp³-hybridized carbons (Fsp3) is 0.111. The Morgan fingerprint density at radius 3 is 2.70 bits per heavy atom. The van der Waals surface area contributed by atoms with E-state index in [-0.39, 0.29) is 18.1 Å². The monoisotopic (exact) mass is 384 g/mol. The zero-order chi connectivity index (χ0) is 19.4. The molecule has 0 fully saturated rings. The van der Waals surface area contributed by atoms with Gasteiger partial charge in [0.1, 0.15) is 0 Å². The lowest BCUT2D eigenvalue weighted by molar-refractivity contribution is -0.117. The number of nitrogens with zero attached hydrogens (tertiary/aromatic N) is 1. The average Bonchev–Trinajstić information content (AvgIpc) is 3.28. The van der Waals surface area contributed by atoms with Crippen molar-refractivity contribution in [3.8, 4) is 0 Å². The second kappa shape index (κ2) is 7.83. The molecule has 0 bridgehead atoms. The predicted octanol–water partition coefficient (Wildman–Crippen LogP) is 2.58. The van der Waals surface area contributed by atoms with Crippen LogP contribution >= 0.6 is 11.3 Å². The van der Waals surface area contributed by atoms with Crippen LogP contribution in [0, 0.1) is 6.92 Å². The molecule has 0 aliphatic carbocycles. The number of aryl methyl sites for hydroxylation is 1. The standard InChI is InChI=1S/C18H16N4O4S/c1-10-4-5-11(7-13(10)21-17(25)14-3-2-6-26-14)16(24)22-18-20-12(9-27-18)8-15(19)23/h2-7,9H,8H2,1H3,(H2,19,23)(H,21,25)(H,20,22,24). The zero-order valence-corrected chi connectivity index (χ0v) is 15.1. The maximum atomic E-state index is 12.5. The van der Waals surface area contributed by atoms with Crippen LogP contribution in [0.3, 0.4) is 0 Å². The molecule has 0 unspecified atom stereocenters. The van der Waals surface area contributed by atoms with Gasteiger partial charge in [-0.3, -0.25) is 19.7 Å². The molecule has 1 aromatic carbocycles. The van der Waals surface area contributed by atoms with Crippen molar-refractivity contribution in [3.05, 3.63) is 64.6 Å². The molecule has 0 aliphatic rings. The van der Waals surface area contributed by atoms with Crippen molar-refractivity contribution >= 4 is 39.9 Å². The molecule has 4 N–H and O–H groups in total. The lowest BCUT2D eigenvalue weighted by Crippen LogP contribution is -2.16. The van der Waals surface area contributed by atoms with Crippen LogP contribution in [0.25, 0.3) is 0 Å². The maximum Gasteiger partial charge on any atom is 0.291 e. The van der Waals surface area contributed by atoms with Crippen LogP contribution in [0.1, 0.15) is 32.2 Å². The molecular formula is C18H16N4O4S. The Labute approximate surface area is 158 Å². The van der Waals surface area contributed by atoms with Crippen molar-refractivity contribution in [2.24, 2.45) is 5.73 Å². The second-order valence-corrected chi connectivity index (χ2v) is 6.56. The Morgan fingerprint density at radius 2 is 2.00 bits per heavy atom. The van der Waals surface area contributed by atoms with E-state index in [0.717, 1.165) is 5.56 Å². The topological polar surface area (TPSA) is 127 Å². The van der Waals surface area contributed by atoms with Crippen LogP contribution < -0.4 is 16.4 Å². The first-order valence-corrected chi connectivity index (χ1v) is 8.80. The number of carbonyl (C=O) groups excluding carboxylic acids is 3. The SMILES string of the molecule is Cc1ccc(C(=O)Nc2nc(CC(N)=O)cs2)cc1NC(=O)c1ccco1. The van der Waals surface area contributed by atoms with E-state index in [1.807, 2.05) is 6.92 Å². The molecule has 0 radical (unpaired) electrons. The van der Waals surface area contributed by atoms with Gasteiger partial charge in [-0.15, -0.1) is 11.3 Å². The minimum atomic E-state index is -0.492. The number of furan rings is 1. The van der Waals surface area contributed by atoms with Gasteiger partial charge in [-0.2, -0.15) is 0 Å². The van der Waals surface area contributed by atoms with Crippen LogP contribution in [0.4, 0.5) is 10.8 Å². The van der Waals surface area contributed by atoms with Gasteiger partial charge in [-0.25, -0.2) is 4.98 Å². The van der Waals surface area contributed by atoms with E-state index < -0.39 is 11.8 Å². The molecule has 0 saturated carbocycles. The van der Waals surface area contributed by atoms with Crippen molar-refractivity contribution in [3.63, 3.8) is 0 Å². The Morgan fingerprint density at radius 1 is 1.19 bits per heavy atom. The van der Waals surface area contributed by atoms with Crippen LogP contribution in [-0.4, -0.2) is 22.7 Å². The van der Waals surface area contributed by atoms with Crippen molar-refractivity contribution in [1.29, 1.82) is 0 Å². The predicted molar refractivity (Wildman–Crippen MR) is 101 cm³/mol. The van der Waals surface area contributed by atoms with Gasteiger partial charge in [0.25, 0.3) is 11.8 Å². The van der Waals surface area contributed by atoms with Crippen molar-refractivity contribution < 1.29 is 18.8 Å². The summed E-state index contributed by atoms with van der Waals surface area (Å²) in [6, 6.07) is 8.11. The maximum absolute atomic E-state index is 12.5. The minimum absolute atomic E-state index is 0.0138. The van der Waals surface area contributed by atoms with Gasteiger partial charge < -0.3 is 15.5 Å². The van der Waals surface area contributed by atoms with Crippen LogP contribution in [-0.2, 0) is 11.2 Å². The van der Waals surface area contributed by atoms with E-state index >= 15 is 0 Å². The first kappa shape index (κ1) is 18.3. The molecular weight excluding hydrogens is 368 g/mol. The quantitative estimate of drug-likeness (QED) is 0.602. The lowest BCUT2D eigenvalue weighted by Gasteiger charge is -2.09. The minimum Gasteiger partial charge on any atom is -0.459 e. The molecule has 3 amide bonds. The summed E-state index contributed by atoms with van der Waals surface area (Å²) in [5.41, 5.74) is 7.27. The van der Waals surface area contributed by atoms with E-state index in [4.69, 9.17) is 10.2 Å². The summed E-state index contributed by atoms with van der Waals surface area (Å²) in [5, 5.41) is 7.40. The average molecular weight is 384 g/mol. The normalized spacial score (nSPS) is 10.4. The number of hydrogen-bond donors (Lipinski definition) is 3. The summed E-state index contributed by atoms with van der Waals surface area (Å²) >= 11 is 1.20. The summed E-state index contributed by atoms with van der Waals surface area (Å²) in [7, 11) is 0. The first-order valence-electron chi connectivity index (χ1n) is 7.92. The molecule has 27 heavy (non-hydrogen) atoms. The highest BCUT2D eigenvalue weighted by atomic mass is 32.1. The van der Waals surface area contributed by atoms with Gasteiger partial charge in [0.15, 0.2) is 10.9 Å². The molecule has 9 heteroatoms. The summed E-state index contributed by atoms with van der Waals surface area (Å²) < 4.78 is 5.06. The number of aromatic nitrogens is 1. The van der Waals surface area contributed by atoms with Gasteiger partial charge in [-0.05, 0) is 36.8 Å². The van der Waals surface area contributed by atoms with Gasteiger partial charge in [0.2, 0.25) is 5.91 Å². The Hall–Kier alpha value is -3.46. The van der Waals surface area contributed by atoms with Crippen molar-refractivity contribution in [2.45, 2.75) is 13.3 Å². The van der Waals surface area contributed by atoms with Crippen LogP contribution in [0.15, 0.2) is 46.4 Å². The number of rotatable bonds is 6. The molecule has 3 rings (SSSR count). The number of carbonyl (C=O) groups is 3. The number of thiazole rings is 1. The number of nitrogens with one attached hydrogen (secondary N) is 2. The van der Waals surface area contributed by atoms with Crippen LogP contribution in [0.2, 0.25) is 0 Å². The Bertz CT molecular complexity index is 995. The second-order valence-electron chi connectivity index (χ2n) is 5.70. The van der Waals surface area contributed by atoms with Crippen molar-refractivity contribution in [1.82, 2.24) is 4.98 Å². The number of hydrogen-bond acceptors (Lipinski definition) is 6. The molecule has 138 valence electrons. The van der Waals surface area contributed by atoms with Crippen molar-refractivity contribution in [2.75, 3.05) is 10.6 Å². The molecule has 0 saturated heterocycles. The summed E-state index contributed by atoms with van der Waals surface area (Å²) in [6.07, 6.45) is 1.42. The van der Waals surface area contributed by atoms with Gasteiger partial charge in [-0.1, -0.05) is 6.07 Å². The number of nitrogens with two attached hydrogens (primary N) is 1. The number of benzene rings is 1. The molecule has 0 spiro atoms. The fourth-order valence-corrected chi connectivity index (χ4v) is 2.99. The number of primary amides is 1. The molecule has 0 aliphatic heterocycles. The number of amides is 3. The third-order valence-corrected chi connectivity index (χ3v) is 4.43. The lowest BCUT2D eigenvalue weighted by atomic mass is 10.1. The van der Waals surface area contributed by atoms with E-state index in [1.165, 1.54) is 17.6 Å². The van der Waals surface area contributed by atoms with E-state index in [9.17, 15) is 14.4 Å². The summed E-state index contributed by atoms with van der Waals surface area (Å²) in [4.78, 5) is 39.7. The Kier molecular flexibility index (Phi) is 5.32. The fourth-order valence-electron chi connectivity index (χ4n) is 2.28. The van der Waals surface area contributed by atoms with Gasteiger partial charge >= 0.3 is 0 Å². The van der Waals surface area contributed by atoms with E-state index in [1.54, 1.807) is 35.7 Å². The summed E-state index contributed by atoms with van der Waals surface area (Å²) in [5.74, 6) is -1.11. The van der Waals surface area contributed by atoms with Gasteiger partial charge in [0, 0.05) is 16.6 Å². The largest absolute Gasteiger partial charge is 0.459 e. The van der Waals surface area contributed by atoms with E-state index in [2.05, 4.69) is 15.6 Å². The molecule has 2 aromatic heterocycles. The molecule has 0 atom stereocenters. The highest BCUT2D eigenvalue weighted by Crippen LogP contribution is 2.21. The third-order valence-electron chi connectivity index (χ3n) is 3.62. The first-order chi connectivity index (χ1) is 12.9.